The molecule has 1 fully saturated rings. The molecule has 2 heterocycles. The van der Waals surface area contributed by atoms with Gasteiger partial charge in [-0.2, -0.15) is 4.98 Å². The van der Waals surface area contributed by atoms with Crippen molar-refractivity contribution in [1.82, 2.24) is 20.5 Å². The van der Waals surface area contributed by atoms with Crippen molar-refractivity contribution in [2.75, 3.05) is 43.2 Å². The van der Waals surface area contributed by atoms with Gasteiger partial charge in [-0.3, -0.25) is 25.6 Å². The zero-order valence-electron chi connectivity index (χ0n) is 15.9. The number of carbonyl (C=O) groups is 2. The van der Waals surface area contributed by atoms with E-state index in [0.29, 0.717) is 37.8 Å². The maximum atomic E-state index is 14.0. The quantitative estimate of drug-likeness (QED) is 0.218. The summed E-state index contributed by atoms with van der Waals surface area (Å²) >= 11 is 0. The number of unbranched alkanes of at least 4 members (excludes halogenated alkanes) is 2. The SMILES string of the molecule is CCCCC[C@H](CN(O)C=O)C(=O)NNc1ncc(F)c(N2CCOCC2)n1. The van der Waals surface area contributed by atoms with E-state index in [0.717, 1.165) is 25.5 Å². The fraction of sp³-hybridized carbons (Fsp3) is 0.647. The van der Waals surface area contributed by atoms with Gasteiger partial charge in [0.05, 0.1) is 31.9 Å². The lowest BCUT2D eigenvalue weighted by molar-refractivity contribution is -0.154. The van der Waals surface area contributed by atoms with Crippen LogP contribution >= 0.6 is 0 Å². The average Bonchev–Trinajstić information content (AvgIpc) is 2.72. The van der Waals surface area contributed by atoms with E-state index >= 15 is 0 Å². The molecule has 3 N–H and O–H groups in total. The fourth-order valence-electron chi connectivity index (χ4n) is 2.85. The van der Waals surface area contributed by atoms with Crippen LogP contribution in [0.15, 0.2) is 6.20 Å². The van der Waals surface area contributed by atoms with Crippen molar-refractivity contribution in [3.05, 3.63) is 12.0 Å². The number of hydrogen-bond donors (Lipinski definition) is 3. The van der Waals surface area contributed by atoms with E-state index in [1.165, 1.54) is 0 Å². The summed E-state index contributed by atoms with van der Waals surface area (Å²) in [5, 5.41) is 9.86. The van der Waals surface area contributed by atoms with Gasteiger partial charge in [-0.15, -0.1) is 0 Å². The van der Waals surface area contributed by atoms with Crippen molar-refractivity contribution in [2.45, 2.75) is 32.6 Å². The van der Waals surface area contributed by atoms with Crippen LogP contribution in [0.3, 0.4) is 0 Å². The number of ether oxygens (including phenoxy) is 1. The Morgan fingerprint density at radius 2 is 2.21 bits per heavy atom. The Kier molecular flexibility index (Phi) is 8.82. The molecule has 0 aliphatic carbocycles. The third-order valence-corrected chi connectivity index (χ3v) is 4.39. The zero-order chi connectivity index (χ0) is 20.4. The Bertz CT molecular complexity index is 644. The Labute approximate surface area is 163 Å². The van der Waals surface area contributed by atoms with Gasteiger partial charge < -0.3 is 9.64 Å². The van der Waals surface area contributed by atoms with Crippen LogP contribution in [0.5, 0.6) is 0 Å². The molecule has 0 unspecified atom stereocenters. The van der Waals surface area contributed by atoms with E-state index < -0.39 is 17.6 Å². The number of aromatic nitrogens is 2. The van der Waals surface area contributed by atoms with Crippen LogP contribution < -0.4 is 15.8 Å². The Balaban J connectivity index is 1.97. The first-order valence-electron chi connectivity index (χ1n) is 9.37. The normalized spacial score (nSPS) is 15.0. The molecule has 1 aliphatic rings. The molecule has 10 nitrogen and oxygen atoms in total. The van der Waals surface area contributed by atoms with Crippen LogP contribution in [-0.4, -0.2) is 65.4 Å². The van der Waals surface area contributed by atoms with Gasteiger partial charge in [-0.1, -0.05) is 26.2 Å². The van der Waals surface area contributed by atoms with Gasteiger partial charge in [0.15, 0.2) is 11.6 Å². The maximum absolute atomic E-state index is 14.0. The van der Waals surface area contributed by atoms with Gasteiger partial charge in [-0.25, -0.2) is 14.4 Å². The van der Waals surface area contributed by atoms with Crippen molar-refractivity contribution in [3.63, 3.8) is 0 Å². The number of morpholine rings is 1. The van der Waals surface area contributed by atoms with Crippen molar-refractivity contribution in [2.24, 2.45) is 5.92 Å². The van der Waals surface area contributed by atoms with E-state index in [9.17, 15) is 19.2 Å². The van der Waals surface area contributed by atoms with Crippen molar-refractivity contribution in [3.8, 4) is 0 Å². The van der Waals surface area contributed by atoms with Crippen molar-refractivity contribution >= 4 is 24.1 Å². The number of amides is 2. The summed E-state index contributed by atoms with van der Waals surface area (Å²) in [6.07, 6.45) is 4.51. The van der Waals surface area contributed by atoms with Crippen LogP contribution in [-0.2, 0) is 14.3 Å². The number of nitrogens with one attached hydrogen (secondary N) is 2. The van der Waals surface area contributed by atoms with Crippen LogP contribution in [0.1, 0.15) is 32.6 Å². The zero-order valence-corrected chi connectivity index (χ0v) is 15.9. The van der Waals surface area contributed by atoms with Gasteiger partial charge in [0.1, 0.15) is 0 Å². The third kappa shape index (κ3) is 6.57. The standard InChI is InChI=1S/C17H27FN6O4/c1-2-3-4-5-13(11-24(27)12-25)16(26)21-22-17-19-10-14(18)15(20-17)23-6-8-28-9-7-23/h10,12-13,27H,2-9,11H2,1H3,(H,21,26)(H,19,20,22)/t13-/m1/s1. The molecule has 0 bridgehead atoms. The highest BCUT2D eigenvalue weighted by Crippen LogP contribution is 2.18. The summed E-state index contributed by atoms with van der Waals surface area (Å²) in [7, 11) is 0. The molecule has 1 aromatic heterocycles. The first-order valence-corrected chi connectivity index (χ1v) is 9.37. The number of carbonyl (C=O) groups excluding carboxylic acids is 2. The molecule has 0 spiro atoms. The maximum Gasteiger partial charge on any atom is 0.243 e. The van der Waals surface area contributed by atoms with E-state index in [2.05, 4.69) is 20.8 Å². The smallest absolute Gasteiger partial charge is 0.243 e. The number of hydrogen-bond acceptors (Lipinski definition) is 8. The van der Waals surface area contributed by atoms with Crippen LogP contribution in [0.2, 0.25) is 0 Å². The predicted molar refractivity (Wildman–Crippen MR) is 99.0 cm³/mol. The van der Waals surface area contributed by atoms with Crippen LogP contribution in [0.4, 0.5) is 16.2 Å². The minimum atomic E-state index is -0.603. The highest BCUT2D eigenvalue weighted by molar-refractivity contribution is 5.80. The molecular weight excluding hydrogens is 371 g/mol. The first kappa shape index (κ1) is 21.8. The van der Waals surface area contributed by atoms with Gasteiger partial charge in [-0.05, 0) is 6.42 Å². The van der Waals surface area contributed by atoms with Crippen LogP contribution in [0.25, 0.3) is 0 Å². The average molecular weight is 398 g/mol. The molecule has 28 heavy (non-hydrogen) atoms. The topological polar surface area (TPSA) is 120 Å². The second-order valence-corrected chi connectivity index (χ2v) is 6.50. The molecule has 11 heteroatoms. The van der Waals surface area contributed by atoms with Gasteiger partial charge in [0, 0.05) is 13.1 Å². The minimum Gasteiger partial charge on any atom is -0.378 e. The van der Waals surface area contributed by atoms with E-state index in [4.69, 9.17) is 4.74 Å². The summed E-state index contributed by atoms with van der Waals surface area (Å²) in [6, 6.07) is 0. The lowest BCUT2D eigenvalue weighted by atomic mass is 10.0. The molecule has 2 amide bonds. The molecule has 2 rings (SSSR count). The second-order valence-electron chi connectivity index (χ2n) is 6.50. The fourth-order valence-corrected chi connectivity index (χ4v) is 2.85. The highest BCUT2D eigenvalue weighted by Gasteiger charge is 2.22. The third-order valence-electron chi connectivity index (χ3n) is 4.39. The monoisotopic (exact) mass is 398 g/mol. The Hall–Kier alpha value is -2.53. The Morgan fingerprint density at radius 3 is 2.89 bits per heavy atom. The van der Waals surface area contributed by atoms with Crippen LogP contribution in [0, 0.1) is 11.7 Å². The summed E-state index contributed by atoms with van der Waals surface area (Å²) in [4.78, 5) is 32.8. The first-order chi connectivity index (χ1) is 13.5. The van der Waals surface area contributed by atoms with E-state index in [1.54, 1.807) is 4.90 Å². The number of nitrogens with zero attached hydrogens (tertiary/aromatic N) is 4. The van der Waals surface area contributed by atoms with Gasteiger partial charge in [0.25, 0.3) is 0 Å². The number of hydrazine groups is 1. The van der Waals surface area contributed by atoms with Gasteiger partial charge in [0.2, 0.25) is 18.3 Å². The lowest BCUT2D eigenvalue weighted by Gasteiger charge is -2.28. The van der Waals surface area contributed by atoms with Gasteiger partial charge >= 0.3 is 0 Å². The minimum absolute atomic E-state index is 0.0415. The number of hydroxylamine groups is 2. The summed E-state index contributed by atoms with van der Waals surface area (Å²) in [5.41, 5.74) is 5.05. The number of rotatable bonds is 11. The molecule has 0 radical (unpaired) electrons. The number of halogens is 1. The molecule has 0 saturated carbocycles. The van der Waals surface area contributed by atoms with Crippen molar-refractivity contribution < 1.29 is 23.9 Å². The molecule has 1 saturated heterocycles. The lowest BCUT2D eigenvalue weighted by Crippen LogP contribution is -2.41. The largest absolute Gasteiger partial charge is 0.378 e. The molecule has 156 valence electrons. The number of anilines is 2. The summed E-state index contributed by atoms with van der Waals surface area (Å²) in [5.74, 6) is -1.40. The summed E-state index contributed by atoms with van der Waals surface area (Å²) in [6.45, 7) is 3.91. The highest BCUT2D eigenvalue weighted by atomic mass is 19.1. The van der Waals surface area contributed by atoms with E-state index in [1.807, 2.05) is 6.92 Å². The summed E-state index contributed by atoms with van der Waals surface area (Å²) < 4.78 is 19.3. The Morgan fingerprint density at radius 1 is 1.46 bits per heavy atom. The molecule has 0 aromatic carbocycles. The van der Waals surface area contributed by atoms with Crippen molar-refractivity contribution in [1.29, 1.82) is 0 Å². The van der Waals surface area contributed by atoms with E-state index in [-0.39, 0.29) is 24.7 Å². The molecular formula is C17H27FN6O4. The predicted octanol–water partition coefficient (Wildman–Crippen LogP) is 0.940. The molecule has 1 atom stereocenters. The molecule has 1 aliphatic heterocycles. The second kappa shape index (κ2) is 11.3. The molecule has 1 aromatic rings.